The van der Waals surface area contributed by atoms with Gasteiger partial charge in [0.25, 0.3) is 0 Å². The molecular formula is C46H70N8O13S. The Morgan fingerprint density at radius 2 is 0.926 bits per heavy atom. The zero-order valence-corrected chi connectivity index (χ0v) is 42.3. The van der Waals surface area contributed by atoms with Crippen molar-refractivity contribution in [1.82, 2.24) is 33.8 Å². The van der Waals surface area contributed by atoms with Crippen molar-refractivity contribution in [3.05, 3.63) is 60.7 Å². The van der Waals surface area contributed by atoms with Gasteiger partial charge < -0.3 is 42.6 Å². The number of esters is 4. The van der Waals surface area contributed by atoms with E-state index in [-0.39, 0.29) is 37.7 Å². The smallest absolute Gasteiger partial charge is 0.326 e. The summed E-state index contributed by atoms with van der Waals surface area (Å²) in [4.78, 5) is 92.6. The Bertz CT molecular complexity index is 2120. The number of imidazole rings is 2. The Hall–Kier alpha value is -5.87. The maximum absolute atomic E-state index is 13.9. The van der Waals surface area contributed by atoms with Crippen LogP contribution in [0.2, 0.25) is 0 Å². The summed E-state index contributed by atoms with van der Waals surface area (Å²) in [6.45, 7) is 18.8. The Morgan fingerprint density at radius 3 is 1.25 bits per heavy atom. The number of unbranched alkanes of at least 4 members (excludes halogenated alkanes) is 1. The van der Waals surface area contributed by atoms with Crippen LogP contribution in [-0.2, 0) is 83.9 Å². The highest BCUT2D eigenvalue weighted by atomic mass is 32.2. The van der Waals surface area contributed by atoms with E-state index < -0.39 is 94.3 Å². The minimum atomic E-state index is -3.87. The van der Waals surface area contributed by atoms with E-state index in [4.69, 9.17) is 28.8 Å². The lowest BCUT2D eigenvalue weighted by molar-refractivity contribution is -0.165. The van der Waals surface area contributed by atoms with Gasteiger partial charge in [-0.25, -0.2) is 23.5 Å². The van der Waals surface area contributed by atoms with E-state index in [9.17, 15) is 37.2 Å². The number of carbonyl (C=O) groups excluding carboxylic acids is 6. The number of nitrogens with zero attached hydrogens (tertiary/aromatic N) is 7. The summed E-state index contributed by atoms with van der Waals surface area (Å²) in [7, 11) is -3.87. The van der Waals surface area contributed by atoms with Crippen molar-refractivity contribution >= 4 is 45.7 Å². The third-order valence-corrected chi connectivity index (χ3v) is 9.83. The maximum Gasteiger partial charge on any atom is 0.326 e. The molecule has 0 fully saturated rings. The molecule has 22 heteroatoms. The first kappa shape index (κ1) is 56.5. The predicted octanol–water partition coefficient (Wildman–Crippen LogP) is 3.61. The zero-order chi connectivity index (χ0) is 51.3. The van der Waals surface area contributed by atoms with Crippen LogP contribution >= 0.6 is 0 Å². The van der Waals surface area contributed by atoms with Crippen molar-refractivity contribution in [3.63, 3.8) is 0 Å². The number of ether oxygens (including phenoxy) is 5. The van der Waals surface area contributed by atoms with Gasteiger partial charge in [0, 0.05) is 24.8 Å². The quantitative estimate of drug-likeness (QED) is 0.0809. The molecule has 68 heavy (non-hydrogen) atoms. The first-order chi connectivity index (χ1) is 31.2. The molecule has 0 bridgehead atoms. The lowest BCUT2D eigenvalue weighted by atomic mass is 10.2. The van der Waals surface area contributed by atoms with Crippen LogP contribution in [0, 0.1) is 0 Å². The molecule has 2 heterocycles. The SMILES string of the molecule is CC(C)(C)OC(=O)CN(CC(=O)OC(C)(C)C)C(=O)Cn1ccnc1CN(CCCCOc1ccc(S(N)(=O)=O)cc1)Cc1nccn1CC(=O)N(CC(=O)OC(C)(C)C)CC(=O)OC(C)(C)C. The van der Waals surface area contributed by atoms with Gasteiger partial charge in [0.15, 0.2) is 0 Å². The average Bonchev–Trinajstić information content (AvgIpc) is 3.79. The second-order valence-electron chi connectivity index (χ2n) is 20.1. The second-order valence-corrected chi connectivity index (χ2v) is 21.6. The number of rotatable bonds is 23. The highest BCUT2D eigenvalue weighted by Crippen LogP contribution is 2.18. The molecule has 0 radical (unpaired) electrons. The van der Waals surface area contributed by atoms with E-state index >= 15 is 0 Å². The number of amides is 2. The molecule has 0 spiro atoms. The van der Waals surface area contributed by atoms with Crippen LogP contribution in [0.5, 0.6) is 5.75 Å². The van der Waals surface area contributed by atoms with Gasteiger partial charge in [-0.3, -0.25) is 33.7 Å². The Morgan fingerprint density at radius 1 is 0.574 bits per heavy atom. The number of nitrogens with two attached hydrogens (primary N) is 1. The van der Waals surface area contributed by atoms with Crippen LogP contribution < -0.4 is 9.88 Å². The third-order valence-electron chi connectivity index (χ3n) is 8.90. The fourth-order valence-corrected chi connectivity index (χ4v) is 6.83. The highest BCUT2D eigenvalue weighted by Gasteiger charge is 2.29. The molecule has 0 aliphatic carbocycles. The second kappa shape index (κ2) is 23.9. The summed E-state index contributed by atoms with van der Waals surface area (Å²) in [5.41, 5.74) is -3.36. The molecule has 0 aliphatic heterocycles. The standard InChI is InChI=1S/C46H70N8O13S/c1-43(2,3)64-39(57)29-53(30-40(58)65-44(4,5)6)37(55)27-51-22-19-48-35(51)25-50(21-13-14-24-63-33-15-17-34(18-16-33)68(47,61)62)26-36-49-20-23-52(36)28-38(56)54(31-41(59)66-45(7,8)9)32-42(60)67-46(10,11)12/h15-20,22-23H,13-14,21,24-32H2,1-12H3,(H2,47,61,62). The van der Waals surface area contributed by atoms with Crippen molar-refractivity contribution in [2.45, 2.75) is 149 Å². The van der Waals surface area contributed by atoms with Crippen molar-refractivity contribution in [2.24, 2.45) is 5.14 Å². The Kier molecular flexibility index (Phi) is 19.9. The molecule has 0 unspecified atom stereocenters. The first-order valence-corrected chi connectivity index (χ1v) is 23.7. The summed E-state index contributed by atoms with van der Waals surface area (Å²) in [6.07, 6.45) is 7.37. The molecule has 0 atom stereocenters. The average molecular weight is 975 g/mol. The van der Waals surface area contributed by atoms with Crippen LogP contribution in [0.15, 0.2) is 53.9 Å². The first-order valence-electron chi connectivity index (χ1n) is 22.2. The number of sulfonamides is 1. The van der Waals surface area contributed by atoms with Crippen molar-refractivity contribution in [2.75, 3.05) is 39.3 Å². The van der Waals surface area contributed by atoms with Gasteiger partial charge in [0.05, 0.1) is 24.6 Å². The van der Waals surface area contributed by atoms with Gasteiger partial charge in [-0.2, -0.15) is 0 Å². The molecule has 2 amide bonds. The molecule has 0 saturated carbocycles. The maximum atomic E-state index is 13.9. The number of carbonyl (C=O) groups is 6. The lowest BCUT2D eigenvalue weighted by Gasteiger charge is -2.27. The molecule has 2 aromatic heterocycles. The van der Waals surface area contributed by atoms with Crippen LogP contribution in [0.4, 0.5) is 0 Å². The van der Waals surface area contributed by atoms with Crippen LogP contribution in [-0.4, -0.2) is 140 Å². The van der Waals surface area contributed by atoms with Gasteiger partial charge in [-0.1, -0.05) is 0 Å². The molecule has 1 aromatic carbocycles. The minimum Gasteiger partial charge on any atom is -0.494 e. The van der Waals surface area contributed by atoms with Crippen LogP contribution in [0.3, 0.4) is 0 Å². The number of hydrogen-bond donors (Lipinski definition) is 1. The normalized spacial score (nSPS) is 12.3. The molecule has 0 saturated heterocycles. The fraction of sp³-hybridized carbons (Fsp3) is 0.609. The van der Waals surface area contributed by atoms with Gasteiger partial charge in [-0.15, -0.1) is 0 Å². The molecule has 21 nitrogen and oxygen atoms in total. The largest absolute Gasteiger partial charge is 0.494 e. The molecule has 3 rings (SSSR count). The third kappa shape index (κ3) is 21.8. The summed E-state index contributed by atoms with van der Waals surface area (Å²) in [5, 5.41) is 5.22. The van der Waals surface area contributed by atoms with E-state index in [0.29, 0.717) is 36.8 Å². The van der Waals surface area contributed by atoms with Crippen molar-refractivity contribution < 1.29 is 60.9 Å². The van der Waals surface area contributed by atoms with Gasteiger partial charge in [0.2, 0.25) is 21.8 Å². The monoisotopic (exact) mass is 974 g/mol. The molecule has 378 valence electrons. The lowest BCUT2D eigenvalue weighted by Crippen LogP contribution is -2.44. The van der Waals surface area contributed by atoms with Crippen molar-refractivity contribution in [1.29, 1.82) is 0 Å². The number of primary sulfonamides is 1. The molecule has 3 aromatic rings. The number of benzene rings is 1. The highest BCUT2D eigenvalue weighted by molar-refractivity contribution is 7.89. The summed E-state index contributed by atoms with van der Waals surface area (Å²) >= 11 is 0. The van der Waals surface area contributed by atoms with Gasteiger partial charge in [0.1, 0.15) is 79.1 Å². The van der Waals surface area contributed by atoms with Crippen molar-refractivity contribution in [3.8, 4) is 5.75 Å². The van der Waals surface area contributed by atoms with Gasteiger partial charge in [-0.05, 0) is 127 Å². The van der Waals surface area contributed by atoms with E-state index in [2.05, 4.69) is 9.97 Å². The summed E-state index contributed by atoms with van der Waals surface area (Å²) in [5.74, 6) is -2.61. The minimum absolute atomic E-state index is 0.0433. The topological polar surface area (TPSA) is 254 Å². The Labute approximate surface area is 399 Å². The molecule has 0 aliphatic rings. The van der Waals surface area contributed by atoms with E-state index in [1.54, 1.807) is 105 Å². The number of aromatic nitrogens is 4. The van der Waals surface area contributed by atoms with Crippen LogP contribution in [0.25, 0.3) is 0 Å². The molecular weight excluding hydrogens is 905 g/mol. The zero-order valence-electron chi connectivity index (χ0n) is 41.5. The van der Waals surface area contributed by atoms with Gasteiger partial charge >= 0.3 is 23.9 Å². The van der Waals surface area contributed by atoms with Crippen LogP contribution in [0.1, 0.15) is 108 Å². The fourth-order valence-electron chi connectivity index (χ4n) is 6.31. The van der Waals surface area contributed by atoms with E-state index in [1.165, 1.54) is 36.7 Å². The number of hydrogen-bond acceptors (Lipinski definition) is 16. The predicted molar refractivity (Wildman–Crippen MR) is 248 cm³/mol. The van der Waals surface area contributed by atoms with E-state index in [0.717, 1.165) is 9.80 Å². The Balaban J connectivity index is 1.88. The summed E-state index contributed by atoms with van der Waals surface area (Å²) in [6, 6.07) is 5.74. The molecule has 2 N–H and O–H groups in total. The van der Waals surface area contributed by atoms with E-state index in [1.807, 2.05) is 4.90 Å². The summed E-state index contributed by atoms with van der Waals surface area (Å²) < 4.78 is 54.2.